The van der Waals surface area contributed by atoms with E-state index in [-0.39, 0.29) is 29.4 Å². The second-order valence-electron chi connectivity index (χ2n) is 18.3. The number of pyridine rings is 1. The highest BCUT2D eigenvalue weighted by atomic mass is 32.1. The summed E-state index contributed by atoms with van der Waals surface area (Å²) in [6.45, 7) is 19.4. The van der Waals surface area contributed by atoms with Crippen molar-refractivity contribution in [3.05, 3.63) is 58.2 Å². The van der Waals surface area contributed by atoms with Crippen molar-refractivity contribution in [2.24, 2.45) is 17.3 Å². The van der Waals surface area contributed by atoms with Crippen LogP contribution in [0.1, 0.15) is 115 Å². The van der Waals surface area contributed by atoms with Crippen LogP contribution in [0, 0.1) is 17.3 Å². The van der Waals surface area contributed by atoms with Gasteiger partial charge >= 0.3 is 0 Å². The number of fused-ring (bicyclic) bond motifs is 1. The Hall–Kier alpha value is -3.68. The molecule has 4 unspecified atom stereocenters. The summed E-state index contributed by atoms with van der Waals surface area (Å²) in [4.78, 5) is 41.4. The van der Waals surface area contributed by atoms with Crippen molar-refractivity contribution in [1.82, 2.24) is 40.5 Å². The van der Waals surface area contributed by atoms with Crippen LogP contribution < -0.4 is 16.1 Å². The zero-order valence-corrected chi connectivity index (χ0v) is 38.1. The van der Waals surface area contributed by atoms with Crippen LogP contribution in [0.5, 0.6) is 0 Å². The van der Waals surface area contributed by atoms with Crippen molar-refractivity contribution in [2.75, 3.05) is 46.4 Å². The van der Waals surface area contributed by atoms with Gasteiger partial charge in [-0.05, 0) is 119 Å². The number of hydrogen-bond donors (Lipinski definition) is 3. The normalized spacial score (nSPS) is 19.6. The predicted molar refractivity (Wildman–Crippen MR) is 244 cm³/mol. The third-order valence-corrected chi connectivity index (χ3v) is 14.5. The monoisotopic (exact) mass is 839 g/mol. The van der Waals surface area contributed by atoms with E-state index in [9.17, 15) is 9.59 Å². The molecule has 1 aromatic carbocycles. The van der Waals surface area contributed by atoms with E-state index in [4.69, 9.17) is 14.7 Å². The maximum atomic E-state index is 14.6. The van der Waals surface area contributed by atoms with E-state index in [1.165, 1.54) is 22.2 Å². The van der Waals surface area contributed by atoms with Crippen LogP contribution in [-0.4, -0.2) is 94.7 Å². The molecule has 7 rings (SSSR count). The SMILES string of the molecule is CCNCC1CCN(C(C(=O)NC(Cc2nc(-c3ccc4c(c3)c(CC(C)(C)CC)c(-c3cccnc3C(C)OC)n4CC)cs2)C(=O)N2CCCCN2)C2CCCC2)C1. The summed E-state index contributed by atoms with van der Waals surface area (Å²) in [5, 5.41) is 12.8. The molecule has 4 aromatic rings. The number of hydrazine groups is 1. The molecule has 3 fully saturated rings. The van der Waals surface area contributed by atoms with Gasteiger partial charge in [0.1, 0.15) is 6.04 Å². The van der Waals surface area contributed by atoms with Gasteiger partial charge < -0.3 is 19.9 Å². The lowest BCUT2D eigenvalue weighted by Crippen LogP contribution is -2.59. The number of rotatable bonds is 18. The number of carbonyl (C=O) groups is 2. The minimum Gasteiger partial charge on any atom is -0.375 e. The number of benzene rings is 1. The Labute approximate surface area is 362 Å². The molecular formula is C48H70N8O3S. The first-order valence-corrected chi connectivity index (χ1v) is 23.8. The van der Waals surface area contributed by atoms with Gasteiger partial charge in [-0.2, -0.15) is 0 Å². The lowest BCUT2D eigenvalue weighted by Gasteiger charge is -2.35. The maximum absolute atomic E-state index is 14.6. The molecule has 60 heavy (non-hydrogen) atoms. The summed E-state index contributed by atoms with van der Waals surface area (Å²) in [6, 6.07) is 10.0. The van der Waals surface area contributed by atoms with Crippen LogP contribution in [0.25, 0.3) is 33.4 Å². The highest BCUT2D eigenvalue weighted by Gasteiger charge is 2.41. The van der Waals surface area contributed by atoms with Gasteiger partial charge in [0.2, 0.25) is 5.91 Å². The summed E-state index contributed by atoms with van der Waals surface area (Å²) in [7, 11) is 1.74. The Morgan fingerprint density at radius 2 is 1.88 bits per heavy atom. The van der Waals surface area contributed by atoms with Crippen molar-refractivity contribution in [1.29, 1.82) is 0 Å². The Kier molecular flexibility index (Phi) is 14.8. The maximum Gasteiger partial charge on any atom is 0.259 e. The van der Waals surface area contributed by atoms with Crippen LogP contribution in [0.4, 0.5) is 0 Å². The molecule has 4 atom stereocenters. The minimum atomic E-state index is -0.708. The number of nitrogens with zero attached hydrogens (tertiary/aromatic N) is 5. The van der Waals surface area contributed by atoms with Gasteiger partial charge in [0.05, 0.1) is 34.2 Å². The van der Waals surface area contributed by atoms with Crippen molar-refractivity contribution < 1.29 is 14.3 Å². The average molecular weight is 839 g/mol. The first-order chi connectivity index (χ1) is 29.0. The van der Waals surface area contributed by atoms with Crippen molar-refractivity contribution in [3.8, 4) is 22.5 Å². The Bertz CT molecular complexity index is 2060. The van der Waals surface area contributed by atoms with Crippen LogP contribution >= 0.6 is 11.3 Å². The molecule has 0 spiro atoms. The third-order valence-electron chi connectivity index (χ3n) is 13.7. The van der Waals surface area contributed by atoms with Crippen molar-refractivity contribution in [3.63, 3.8) is 0 Å². The lowest BCUT2D eigenvalue weighted by molar-refractivity contribution is -0.141. The second-order valence-corrected chi connectivity index (χ2v) is 19.2. The smallest absolute Gasteiger partial charge is 0.259 e. The molecule has 2 aliphatic heterocycles. The zero-order valence-electron chi connectivity index (χ0n) is 37.3. The largest absolute Gasteiger partial charge is 0.375 e. The molecule has 2 amide bonds. The van der Waals surface area contributed by atoms with Gasteiger partial charge in [-0.3, -0.25) is 24.5 Å². The van der Waals surface area contributed by atoms with E-state index in [2.05, 4.69) is 96.7 Å². The summed E-state index contributed by atoms with van der Waals surface area (Å²) in [6.07, 6.45) is 11.5. The molecule has 1 saturated carbocycles. The van der Waals surface area contributed by atoms with E-state index in [1.807, 2.05) is 12.3 Å². The topological polar surface area (TPSA) is 117 Å². The van der Waals surface area contributed by atoms with E-state index < -0.39 is 6.04 Å². The number of methoxy groups -OCH3 is 1. The summed E-state index contributed by atoms with van der Waals surface area (Å²) in [5.41, 5.74) is 11.1. The van der Waals surface area contributed by atoms with E-state index >= 15 is 0 Å². The number of ether oxygens (including phenoxy) is 1. The van der Waals surface area contributed by atoms with E-state index in [0.717, 1.165) is 125 Å². The molecule has 1 aliphatic carbocycles. The molecule has 12 heteroatoms. The predicted octanol–water partition coefficient (Wildman–Crippen LogP) is 8.18. The summed E-state index contributed by atoms with van der Waals surface area (Å²) >= 11 is 1.57. The Morgan fingerprint density at radius 3 is 2.60 bits per heavy atom. The highest BCUT2D eigenvalue weighted by molar-refractivity contribution is 7.10. The van der Waals surface area contributed by atoms with Crippen LogP contribution in [0.3, 0.4) is 0 Å². The summed E-state index contributed by atoms with van der Waals surface area (Å²) < 4.78 is 8.26. The standard InChI is InChI=1S/C48H70N8O3S/c1-8-48(5,6)28-38-37-26-35(19-20-41(37)55(10-3)45(38)36-18-15-22-50-43(36)32(4)59-7)40-31-60-42(52-40)27-39(47(58)56-24-14-13-23-51-56)53-46(57)44(34-16-11-12-17-34)54-25-21-33(30-54)29-49-9-2/h15,18-20,22,26,31-34,39,44,49,51H,8-14,16-17,21,23-25,27-30H2,1-7H3,(H,53,57). The Morgan fingerprint density at radius 1 is 1.07 bits per heavy atom. The third kappa shape index (κ3) is 9.83. The molecule has 0 radical (unpaired) electrons. The number of amides is 2. The van der Waals surface area contributed by atoms with E-state index in [1.54, 1.807) is 23.5 Å². The molecule has 3 N–H and O–H groups in total. The molecule has 3 aromatic heterocycles. The zero-order chi connectivity index (χ0) is 42.4. The van der Waals surface area contributed by atoms with Gasteiger partial charge in [0, 0.05) is 73.3 Å². The van der Waals surface area contributed by atoms with Crippen molar-refractivity contribution >= 4 is 34.1 Å². The number of likely N-dealkylation sites (tertiary alicyclic amines) is 1. The van der Waals surface area contributed by atoms with Gasteiger partial charge in [0.15, 0.2) is 0 Å². The van der Waals surface area contributed by atoms with E-state index in [0.29, 0.717) is 24.8 Å². The second kappa shape index (κ2) is 20.0. The number of hydrogen-bond acceptors (Lipinski definition) is 9. The molecular weight excluding hydrogens is 769 g/mol. The summed E-state index contributed by atoms with van der Waals surface area (Å²) in [5.74, 6) is 0.779. The fourth-order valence-corrected chi connectivity index (χ4v) is 10.7. The lowest BCUT2D eigenvalue weighted by atomic mass is 9.81. The first-order valence-electron chi connectivity index (χ1n) is 22.9. The quantitative estimate of drug-likeness (QED) is 0.0920. The minimum absolute atomic E-state index is 0.000897. The van der Waals surface area contributed by atoms with Gasteiger partial charge in [-0.1, -0.05) is 53.0 Å². The fraction of sp³-hybridized carbons (Fsp3) is 0.625. The number of aryl methyl sites for hydroxylation is 1. The van der Waals surface area contributed by atoms with Crippen LogP contribution in [0.15, 0.2) is 41.9 Å². The number of aromatic nitrogens is 3. The Balaban J connectivity index is 1.20. The van der Waals surface area contributed by atoms with Crippen LogP contribution in [0.2, 0.25) is 0 Å². The van der Waals surface area contributed by atoms with Crippen molar-refractivity contribution in [2.45, 2.75) is 130 Å². The van der Waals surface area contributed by atoms with Gasteiger partial charge in [-0.25, -0.2) is 10.4 Å². The number of carbonyl (C=O) groups excluding carboxylic acids is 2. The van der Waals surface area contributed by atoms with Gasteiger partial charge in [0.25, 0.3) is 5.91 Å². The molecule has 5 heterocycles. The highest BCUT2D eigenvalue weighted by Crippen LogP contribution is 2.42. The van der Waals surface area contributed by atoms with Gasteiger partial charge in [-0.15, -0.1) is 11.3 Å². The molecule has 3 aliphatic rings. The van der Waals surface area contributed by atoms with Crippen LogP contribution in [-0.2, 0) is 33.7 Å². The number of thiazole rings is 1. The number of nitrogens with one attached hydrogen (secondary N) is 3. The fourth-order valence-electron chi connectivity index (χ4n) is 9.87. The average Bonchev–Trinajstić information content (AvgIpc) is 4.11. The molecule has 0 bridgehead atoms. The molecule has 11 nitrogen and oxygen atoms in total. The molecule has 2 saturated heterocycles. The molecule has 326 valence electrons. The first kappa shape index (κ1) is 44.4.